The van der Waals surface area contributed by atoms with Crippen molar-refractivity contribution in [3.05, 3.63) is 34.7 Å². The molecule has 0 spiro atoms. The summed E-state index contributed by atoms with van der Waals surface area (Å²) in [5, 5.41) is 2.84. The van der Waals surface area contributed by atoms with Crippen LogP contribution in [0.2, 0.25) is 0 Å². The number of ether oxygens (including phenoxy) is 1. The summed E-state index contributed by atoms with van der Waals surface area (Å²) in [4.78, 5) is 16.5. The zero-order chi connectivity index (χ0) is 18.0. The van der Waals surface area contributed by atoms with Crippen molar-refractivity contribution >= 4 is 27.7 Å². The van der Waals surface area contributed by atoms with Crippen LogP contribution in [0.5, 0.6) is 0 Å². The monoisotopic (exact) mass is 407 g/mol. The molecule has 1 amide bonds. The Kier molecular flexibility index (Phi) is 5.37. The van der Waals surface area contributed by atoms with Crippen LogP contribution in [-0.4, -0.2) is 27.6 Å². The Morgan fingerprint density at radius 3 is 2.68 bits per heavy atom. The lowest BCUT2D eigenvalue weighted by atomic mass is 9.81. The molecule has 1 saturated carbocycles. The van der Waals surface area contributed by atoms with Crippen molar-refractivity contribution in [2.24, 2.45) is 5.92 Å². The van der Waals surface area contributed by atoms with E-state index in [1.807, 2.05) is 39.1 Å². The van der Waals surface area contributed by atoms with Gasteiger partial charge in [0.2, 0.25) is 0 Å². The fourth-order valence-corrected chi connectivity index (χ4v) is 3.69. The maximum Gasteiger partial charge on any atom is 0.407 e. The first-order valence-electron chi connectivity index (χ1n) is 8.89. The number of carbonyl (C=O) groups excluding carboxylic acids is 1. The predicted molar refractivity (Wildman–Crippen MR) is 102 cm³/mol. The van der Waals surface area contributed by atoms with Gasteiger partial charge >= 0.3 is 6.09 Å². The molecule has 0 bridgehead atoms. The average molecular weight is 408 g/mol. The Bertz CT molecular complexity index is 743. The molecule has 1 fully saturated rings. The van der Waals surface area contributed by atoms with Crippen molar-refractivity contribution < 1.29 is 9.53 Å². The molecule has 1 aliphatic carbocycles. The molecule has 2 aromatic heterocycles. The third kappa shape index (κ3) is 4.97. The summed E-state index contributed by atoms with van der Waals surface area (Å²) in [5.74, 6) is 0.950. The summed E-state index contributed by atoms with van der Waals surface area (Å²) in [7, 11) is 0. The fourth-order valence-electron chi connectivity index (χ4n) is 3.34. The molecule has 2 aromatic rings. The number of amides is 1. The van der Waals surface area contributed by atoms with Gasteiger partial charge < -0.3 is 14.5 Å². The predicted octanol–water partition coefficient (Wildman–Crippen LogP) is 4.90. The SMILES string of the molecule is CC(C)(C)NC(=O)OCC1CCC(c2cn3cc(Br)ccc3n2)CC1. The van der Waals surface area contributed by atoms with E-state index >= 15 is 0 Å². The van der Waals surface area contributed by atoms with Crippen LogP contribution in [0.25, 0.3) is 5.65 Å². The van der Waals surface area contributed by atoms with Crippen LogP contribution in [0.4, 0.5) is 4.79 Å². The van der Waals surface area contributed by atoms with Crippen LogP contribution >= 0.6 is 15.9 Å². The van der Waals surface area contributed by atoms with Gasteiger partial charge in [-0.25, -0.2) is 9.78 Å². The van der Waals surface area contributed by atoms with Crippen LogP contribution in [0.1, 0.15) is 58.1 Å². The van der Waals surface area contributed by atoms with Gasteiger partial charge in [-0.2, -0.15) is 0 Å². The smallest absolute Gasteiger partial charge is 0.407 e. The van der Waals surface area contributed by atoms with Crippen LogP contribution in [0.15, 0.2) is 29.0 Å². The summed E-state index contributed by atoms with van der Waals surface area (Å²) in [6.07, 6.45) is 8.20. The number of pyridine rings is 1. The Hall–Kier alpha value is -1.56. The molecular weight excluding hydrogens is 382 g/mol. The lowest BCUT2D eigenvalue weighted by Crippen LogP contribution is -2.41. The zero-order valence-electron chi connectivity index (χ0n) is 15.1. The molecule has 3 rings (SSSR count). The van der Waals surface area contributed by atoms with E-state index in [0.717, 1.165) is 35.8 Å². The van der Waals surface area contributed by atoms with E-state index in [9.17, 15) is 4.79 Å². The maximum atomic E-state index is 11.8. The van der Waals surface area contributed by atoms with Crippen molar-refractivity contribution in [1.29, 1.82) is 0 Å². The first-order valence-corrected chi connectivity index (χ1v) is 9.68. The number of halogens is 1. The van der Waals surface area contributed by atoms with Crippen LogP contribution in [-0.2, 0) is 4.74 Å². The Morgan fingerprint density at radius 1 is 1.28 bits per heavy atom. The van der Waals surface area contributed by atoms with Crippen molar-refractivity contribution in [3.8, 4) is 0 Å². The largest absolute Gasteiger partial charge is 0.449 e. The third-order valence-corrected chi connectivity index (χ3v) is 5.09. The van der Waals surface area contributed by atoms with Crippen LogP contribution < -0.4 is 5.32 Å². The number of imidazole rings is 1. The van der Waals surface area contributed by atoms with Crippen LogP contribution in [0, 0.1) is 5.92 Å². The number of hydrogen-bond acceptors (Lipinski definition) is 3. The van der Waals surface area contributed by atoms with E-state index in [1.165, 1.54) is 5.69 Å². The number of nitrogens with one attached hydrogen (secondary N) is 1. The van der Waals surface area contributed by atoms with E-state index < -0.39 is 0 Å². The Labute approximate surface area is 157 Å². The quantitative estimate of drug-likeness (QED) is 0.787. The van der Waals surface area contributed by atoms with Gasteiger partial charge in [-0.05, 0) is 80.4 Å². The van der Waals surface area contributed by atoms with Crippen molar-refractivity contribution in [1.82, 2.24) is 14.7 Å². The van der Waals surface area contributed by atoms with E-state index in [0.29, 0.717) is 18.4 Å². The molecule has 1 aliphatic rings. The fraction of sp³-hybridized carbons (Fsp3) is 0.579. The third-order valence-electron chi connectivity index (χ3n) is 4.63. The molecule has 0 saturated heterocycles. The van der Waals surface area contributed by atoms with Gasteiger partial charge in [0.1, 0.15) is 5.65 Å². The number of carbonyl (C=O) groups is 1. The minimum atomic E-state index is -0.319. The molecule has 0 atom stereocenters. The second-order valence-corrected chi connectivity index (χ2v) is 8.89. The van der Waals surface area contributed by atoms with E-state index in [2.05, 4.69) is 31.8 Å². The molecule has 1 N–H and O–H groups in total. The zero-order valence-corrected chi connectivity index (χ0v) is 16.7. The summed E-state index contributed by atoms with van der Waals surface area (Å²) in [5.41, 5.74) is 1.90. The maximum absolute atomic E-state index is 11.8. The number of aromatic nitrogens is 2. The summed E-state index contributed by atoms with van der Waals surface area (Å²) < 4.78 is 8.51. The molecule has 0 aromatic carbocycles. The molecule has 0 aliphatic heterocycles. The number of hydrogen-bond donors (Lipinski definition) is 1. The number of nitrogens with zero attached hydrogens (tertiary/aromatic N) is 2. The Morgan fingerprint density at radius 2 is 2.00 bits per heavy atom. The minimum absolute atomic E-state index is 0.257. The number of fused-ring (bicyclic) bond motifs is 1. The van der Waals surface area contributed by atoms with Gasteiger partial charge in [-0.1, -0.05) is 0 Å². The molecule has 0 radical (unpaired) electrons. The van der Waals surface area contributed by atoms with E-state index in [1.54, 1.807) is 0 Å². The van der Waals surface area contributed by atoms with Gasteiger partial charge in [0.25, 0.3) is 0 Å². The first-order chi connectivity index (χ1) is 11.8. The van der Waals surface area contributed by atoms with Gasteiger partial charge in [0.05, 0.1) is 12.3 Å². The summed E-state index contributed by atoms with van der Waals surface area (Å²) >= 11 is 3.50. The second-order valence-electron chi connectivity index (χ2n) is 7.97. The van der Waals surface area contributed by atoms with Crippen molar-refractivity contribution in [2.45, 2.75) is 57.9 Å². The summed E-state index contributed by atoms with van der Waals surface area (Å²) in [6, 6.07) is 4.05. The minimum Gasteiger partial charge on any atom is -0.449 e. The average Bonchev–Trinajstić information content (AvgIpc) is 2.95. The second kappa shape index (κ2) is 7.36. The summed E-state index contributed by atoms with van der Waals surface area (Å²) in [6.45, 7) is 6.36. The van der Waals surface area contributed by atoms with Gasteiger partial charge in [0.15, 0.2) is 0 Å². The highest BCUT2D eigenvalue weighted by atomic mass is 79.9. The van der Waals surface area contributed by atoms with Gasteiger partial charge in [-0.15, -0.1) is 0 Å². The Balaban J connectivity index is 1.50. The molecule has 2 heterocycles. The molecule has 6 heteroatoms. The normalized spacial score (nSPS) is 21.3. The van der Waals surface area contributed by atoms with Crippen molar-refractivity contribution in [2.75, 3.05) is 6.61 Å². The van der Waals surface area contributed by atoms with Gasteiger partial charge in [-0.3, -0.25) is 0 Å². The molecule has 25 heavy (non-hydrogen) atoms. The molecule has 5 nitrogen and oxygen atoms in total. The van der Waals surface area contributed by atoms with E-state index in [-0.39, 0.29) is 11.6 Å². The van der Waals surface area contributed by atoms with Crippen molar-refractivity contribution in [3.63, 3.8) is 0 Å². The molecule has 0 unspecified atom stereocenters. The highest BCUT2D eigenvalue weighted by Gasteiger charge is 2.25. The molecular formula is C19H26BrN3O2. The number of rotatable bonds is 3. The van der Waals surface area contributed by atoms with E-state index in [4.69, 9.17) is 9.72 Å². The van der Waals surface area contributed by atoms with Crippen LogP contribution in [0.3, 0.4) is 0 Å². The topological polar surface area (TPSA) is 55.6 Å². The lowest BCUT2D eigenvalue weighted by molar-refractivity contribution is 0.107. The first kappa shape index (κ1) is 18.2. The highest BCUT2D eigenvalue weighted by molar-refractivity contribution is 9.10. The molecule has 136 valence electrons. The van der Waals surface area contributed by atoms with Gasteiger partial charge in [0, 0.05) is 28.3 Å². The number of alkyl carbamates (subject to hydrolysis) is 1. The standard InChI is InChI=1S/C19H26BrN3O2/c1-19(2,3)22-18(24)25-12-13-4-6-14(7-5-13)16-11-23-10-15(20)8-9-17(23)21-16/h8-11,13-14H,4-7,12H2,1-3H3,(H,22,24). The highest BCUT2D eigenvalue weighted by Crippen LogP contribution is 2.35. The lowest BCUT2D eigenvalue weighted by Gasteiger charge is -2.27.